The highest BCUT2D eigenvalue weighted by atomic mass is 35.5. The molecule has 0 aliphatic heterocycles. The van der Waals surface area contributed by atoms with Crippen molar-refractivity contribution in [3.8, 4) is 0 Å². The van der Waals surface area contributed by atoms with Gasteiger partial charge in [-0.05, 0) is 24.7 Å². The summed E-state index contributed by atoms with van der Waals surface area (Å²) in [6.07, 6.45) is 4.93. The highest BCUT2D eigenvalue weighted by molar-refractivity contribution is 6.29. The van der Waals surface area contributed by atoms with E-state index >= 15 is 0 Å². The summed E-state index contributed by atoms with van der Waals surface area (Å²) in [7, 11) is 0. The predicted molar refractivity (Wildman–Crippen MR) is 75.5 cm³/mol. The summed E-state index contributed by atoms with van der Waals surface area (Å²) in [6.45, 7) is 3.09. The molecule has 5 nitrogen and oxygen atoms in total. The summed E-state index contributed by atoms with van der Waals surface area (Å²) < 4.78 is 0. The summed E-state index contributed by atoms with van der Waals surface area (Å²) in [5.41, 5.74) is -0.0280. The van der Waals surface area contributed by atoms with Gasteiger partial charge < -0.3 is 5.32 Å². The summed E-state index contributed by atoms with van der Waals surface area (Å²) in [5.74, 6) is 1.93. The van der Waals surface area contributed by atoms with E-state index in [4.69, 9.17) is 11.6 Å². The van der Waals surface area contributed by atoms with Gasteiger partial charge in [0.05, 0.1) is 17.1 Å². The molecule has 0 unspecified atom stereocenters. The van der Waals surface area contributed by atoms with Crippen LogP contribution in [0.2, 0.25) is 5.15 Å². The molecule has 1 aromatic heterocycles. The fourth-order valence-corrected chi connectivity index (χ4v) is 2.66. The molecule has 1 aromatic rings. The minimum absolute atomic E-state index is 0.0280. The fraction of sp³-hybridized carbons (Fsp3) is 0.615. The number of hydrogen-bond donors (Lipinski definition) is 1. The zero-order valence-electron chi connectivity index (χ0n) is 10.9. The van der Waals surface area contributed by atoms with E-state index in [0.717, 1.165) is 12.5 Å². The van der Waals surface area contributed by atoms with Gasteiger partial charge >= 0.3 is 0 Å². The minimum Gasteiger partial charge on any atom is -0.370 e. The quantitative estimate of drug-likeness (QED) is 0.517. The Morgan fingerprint density at radius 1 is 1.42 bits per heavy atom. The lowest BCUT2D eigenvalue weighted by molar-refractivity contribution is -0.384. The largest absolute Gasteiger partial charge is 0.370 e. The van der Waals surface area contributed by atoms with E-state index in [1.807, 2.05) is 0 Å². The molecule has 0 saturated heterocycles. The van der Waals surface area contributed by atoms with Crippen LogP contribution in [-0.4, -0.2) is 16.5 Å². The van der Waals surface area contributed by atoms with Crippen LogP contribution in [0.25, 0.3) is 0 Å². The van der Waals surface area contributed by atoms with Crippen molar-refractivity contribution in [3.05, 3.63) is 27.4 Å². The molecule has 19 heavy (non-hydrogen) atoms. The van der Waals surface area contributed by atoms with E-state index in [9.17, 15) is 10.1 Å². The molecule has 0 bridgehead atoms. The normalized spacial score (nSPS) is 23.1. The maximum Gasteiger partial charge on any atom is 0.276 e. The van der Waals surface area contributed by atoms with Crippen LogP contribution in [0.3, 0.4) is 0 Å². The number of nitrogens with one attached hydrogen (secondary N) is 1. The van der Waals surface area contributed by atoms with Crippen LogP contribution in [0.1, 0.15) is 32.6 Å². The van der Waals surface area contributed by atoms with Crippen LogP contribution in [0.15, 0.2) is 12.1 Å². The lowest BCUT2D eigenvalue weighted by atomic mass is 9.83. The first-order valence-electron chi connectivity index (χ1n) is 6.60. The molecule has 2 rings (SSSR count). The van der Waals surface area contributed by atoms with Gasteiger partial charge in [-0.3, -0.25) is 10.1 Å². The smallest absolute Gasteiger partial charge is 0.276 e. The van der Waals surface area contributed by atoms with E-state index in [1.54, 1.807) is 0 Å². The molecular weight excluding hydrogens is 266 g/mol. The third-order valence-corrected chi connectivity index (χ3v) is 3.89. The van der Waals surface area contributed by atoms with Crippen LogP contribution in [0, 0.1) is 22.0 Å². The molecule has 0 atom stereocenters. The third-order valence-electron chi connectivity index (χ3n) is 3.70. The first-order chi connectivity index (χ1) is 9.04. The number of aromatic nitrogens is 1. The second kappa shape index (κ2) is 6.19. The monoisotopic (exact) mass is 283 g/mol. The molecule has 1 N–H and O–H groups in total. The summed E-state index contributed by atoms with van der Waals surface area (Å²) in [4.78, 5) is 14.3. The first-order valence-corrected chi connectivity index (χ1v) is 6.98. The number of rotatable bonds is 4. The first kappa shape index (κ1) is 14.1. The van der Waals surface area contributed by atoms with Gasteiger partial charge in [-0.25, -0.2) is 4.98 Å². The van der Waals surface area contributed by atoms with Crippen LogP contribution in [0.4, 0.5) is 11.5 Å². The SMILES string of the molecule is CC1CCC(CNc2cc([N+](=O)[O-])cc(Cl)n2)CC1. The molecule has 6 heteroatoms. The number of halogens is 1. The maximum atomic E-state index is 10.7. The molecule has 1 saturated carbocycles. The van der Waals surface area contributed by atoms with Crippen molar-refractivity contribution in [2.24, 2.45) is 11.8 Å². The van der Waals surface area contributed by atoms with Gasteiger partial charge in [0, 0.05) is 6.54 Å². The summed E-state index contributed by atoms with van der Waals surface area (Å²) in [5, 5.41) is 14.1. The average Bonchev–Trinajstić information content (AvgIpc) is 2.37. The molecule has 0 radical (unpaired) electrons. The molecule has 0 spiro atoms. The van der Waals surface area contributed by atoms with Gasteiger partial charge in [-0.1, -0.05) is 31.4 Å². The Kier molecular flexibility index (Phi) is 4.58. The Morgan fingerprint density at radius 3 is 2.74 bits per heavy atom. The second-order valence-electron chi connectivity index (χ2n) is 5.30. The van der Waals surface area contributed by atoms with Crippen molar-refractivity contribution in [2.75, 3.05) is 11.9 Å². The number of anilines is 1. The molecular formula is C13H18ClN3O2. The number of pyridine rings is 1. The van der Waals surface area contributed by atoms with Crippen molar-refractivity contribution in [1.29, 1.82) is 0 Å². The van der Waals surface area contributed by atoms with Crippen molar-refractivity contribution in [1.82, 2.24) is 4.98 Å². The Labute approximate surface area is 117 Å². The average molecular weight is 284 g/mol. The number of nitrogens with zero attached hydrogens (tertiary/aromatic N) is 2. The van der Waals surface area contributed by atoms with Crippen molar-refractivity contribution >= 4 is 23.1 Å². The minimum atomic E-state index is -0.457. The molecule has 1 aliphatic rings. The predicted octanol–water partition coefficient (Wildman–Crippen LogP) is 3.88. The van der Waals surface area contributed by atoms with Gasteiger partial charge in [0.15, 0.2) is 0 Å². The van der Waals surface area contributed by atoms with E-state index < -0.39 is 4.92 Å². The van der Waals surface area contributed by atoms with Gasteiger partial charge in [-0.15, -0.1) is 0 Å². The molecule has 1 fully saturated rings. The lowest BCUT2D eigenvalue weighted by Gasteiger charge is -2.26. The lowest BCUT2D eigenvalue weighted by Crippen LogP contribution is -2.20. The highest BCUT2D eigenvalue weighted by Crippen LogP contribution is 2.28. The maximum absolute atomic E-state index is 10.7. The fourth-order valence-electron chi connectivity index (χ4n) is 2.46. The van der Waals surface area contributed by atoms with Crippen LogP contribution >= 0.6 is 11.6 Å². The zero-order valence-corrected chi connectivity index (χ0v) is 11.7. The van der Waals surface area contributed by atoms with Gasteiger partial charge in [-0.2, -0.15) is 0 Å². The van der Waals surface area contributed by atoms with Gasteiger partial charge in [0.25, 0.3) is 5.69 Å². The zero-order chi connectivity index (χ0) is 13.8. The van der Waals surface area contributed by atoms with E-state index in [0.29, 0.717) is 11.7 Å². The third kappa shape index (κ3) is 4.06. The number of nitro groups is 1. The van der Waals surface area contributed by atoms with E-state index in [2.05, 4.69) is 17.2 Å². The Balaban J connectivity index is 1.94. The van der Waals surface area contributed by atoms with Crippen LogP contribution in [-0.2, 0) is 0 Å². The Hall–Kier alpha value is -1.36. The number of hydrogen-bond acceptors (Lipinski definition) is 4. The van der Waals surface area contributed by atoms with Crippen molar-refractivity contribution in [2.45, 2.75) is 32.6 Å². The molecule has 104 valence electrons. The van der Waals surface area contributed by atoms with Gasteiger partial charge in [0.2, 0.25) is 0 Å². The highest BCUT2D eigenvalue weighted by Gasteiger charge is 2.18. The Bertz CT molecular complexity index is 459. The second-order valence-corrected chi connectivity index (χ2v) is 5.68. The standard InChI is InChI=1S/C13H18ClN3O2/c1-9-2-4-10(5-3-9)8-15-13-7-11(17(18)19)6-12(14)16-13/h6-7,9-10H,2-5,8H2,1H3,(H,15,16). The van der Waals surface area contributed by atoms with E-state index in [1.165, 1.54) is 37.8 Å². The summed E-state index contributed by atoms with van der Waals surface area (Å²) in [6, 6.07) is 2.69. The molecule has 0 amide bonds. The Morgan fingerprint density at radius 2 is 2.11 bits per heavy atom. The van der Waals surface area contributed by atoms with Crippen molar-refractivity contribution < 1.29 is 4.92 Å². The van der Waals surface area contributed by atoms with Crippen LogP contribution < -0.4 is 5.32 Å². The molecule has 0 aromatic carbocycles. The summed E-state index contributed by atoms with van der Waals surface area (Å²) >= 11 is 5.78. The molecule has 1 aliphatic carbocycles. The topological polar surface area (TPSA) is 68.1 Å². The van der Waals surface area contributed by atoms with Crippen LogP contribution in [0.5, 0.6) is 0 Å². The molecule has 1 heterocycles. The van der Waals surface area contributed by atoms with Crippen molar-refractivity contribution in [3.63, 3.8) is 0 Å². The van der Waals surface area contributed by atoms with E-state index in [-0.39, 0.29) is 10.8 Å². The van der Waals surface area contributed by atoms with Gasteiger partial charge in [0.1, 0.15) is 11.0 Å².